The number of hydrogen-bond donors (Lipinski definition) is 1. The topological polar surface area (TPSA) is 58.9 Å². The molecule has 2 heterocycles. The molecule has 0 aromatic carbocycles. The van der Waals surface area contributed by atoms with E-state index in [0.29, 0.717) is 29.3 Å². The lowest BCUT2D eigenvalue weighted by molar-refractivity contribution is 0.514. The molecular formula is C16H20N2O2. The predicted octanol–water partition coefficient (Wildman–Crippen LogP) is 3.35. The second-order valence-corrected chi connectivity index (χ2v) is 6.20. The van der Waals surface area contributed by atoms with Gasteiger partial charge in [0, 0.05) is 17.7 Å². The van der Waals surface area contributed by atoms with Crippen LogP contribution in [-0.4, -0.2) is 9.97 Å². The number of hydrogen-bond acceptors (Lipinski definition) is 3. The van der Waals surface area contributed by atoms with Crippen molar-refractivity contribution in [3.63, 3.8) is 0 Å². The molecule has 0 saturated heterocycles. The molecule has 2 aromatic rings. The first kappa shape index (κ1) is 13.2. The van der Waals surface area contributed by atoms with Gasteiger partial charge in [0.1, 0.15) is 5.76 Å². The van der Waals surface area contributed by atoms with E-state index in [1.54, 1.807) is 6.07 Å². The highest BCUT2D eigenvalue weighted by Crippen LogP contribution is 2.47. The third-order valence-electron chi connectivity index (χ3n) is 3.75. The van der Waals surface area contributed by atoms with Crippen molar-refractivity contribution in [3.8, 4) is 11.6 Å². The third kappa shape index (κ3) is 2.69. The van der Waals surface area contributed by atoms with Gasteiger partial charge in [-0.1, -0.05) is 20.8 Å². The number of H-pyrrole nitrogens is 1. The van der Waals surface area contributed by atoms with Crippen LogP contribution in [0.1, 0.15) is 44.6 Å². The van der Waals surface area contributed by atoms with Gasteiger partial charge in [0.2, 0.25) is 0 Å². The normalized spacial score (nSPS) is 21.4. The van der Waals surface area contributed by atoms with Gasteiger partial charge in [-0.25, -0.2) is 4.98 Å². The SMILES string of the molecule is CC(C)Cc1cc(=O)[nH]c(-c2ccc(C3CC3C)o2)n1. The molecule has 2 atom stereocenters. The van der Waals surface area contributed by atoms with Gasteiger partial charge in [0.25, 0.3) is 5.56 Å². The maximum absolute atomic E-state index is 11.7. The lowest BCUT2D eigenvalue weighted by Crippen LogP contribution is -2.11. The summed E-state index contributed by atoms with van der Waals surface area (Å²) in [5, 5.41) is 0. The van der Waals surface area contributed by atoms with Crippen LogP contribution in [0.3, 0.4) is 0 Å². The van der Waals surface area contributed by atoms with Crippen LogP contribution in [0, 0.1) is 11.8 Å². The van der Waals surface area contributed by atoms with E-state index in [9.17, 15) is 4.79 Å². The highest BCUT2D eigenvalue weighted by molar-refractivity contribution is 5.47. The average Bonchev–Trinajstić information content (AvgIpc) is 2.89. The zero-order chi connectivity index (χ0) is 14.3. The van der Waals surface area contributed by atoms with Crippen LogP contribution in [0.2, 0.25) is 0 Å². The molecule has 4 heteroatoms. The average molecular weight is 272 g/mol. The quantitative estimate of drug-likeness (QED) is 0.928. The fourth-order valence-electron chi connectivity index (χ4n) is 2.55. The van der Waals surface area contributed by atoms with E-state index in [1.807, 2.05) is 12.1 Å². The largest absolute Gasteiger partial charge is 0.458 e. The van der Waals surface area contributed by atoms with Crippen LogP contribution < -0.4 is 5.56 Å². The van der Waals surface area contributed by atoms with Crippen molar-refractivity contribution in [1.29, 1.82) is 0 Å². The number of furan rings is 1. The summed E-state index contributed by atoms with van der Waals surface area (Å²) in [5.74, 6) is 3.90. The Hall–Kier alpha value is -1.84. The van der Waals surface area contributed by atoms with Crippen LogP contribution in [0.25, 0.3) is 11.6 Å². The fraction of sp³-hybridized carbons (Fsp3) is 0.500. The van der Waals surface area contributed by atoms with Gasteiger partial charge in [-0.05, 0) is 36.8 Å². The predicted molar refractivity (Wildman–Crippen MR) is 77.6 cm³/mol. The lowest BCUT2D eigenvalue weighted by atomic mass is 10.1. The summed E-state index contributed by atoms with van der Waals surface area (Å²) in [5.41, 5.74) is 0.694. The van der Waals surface area contributed by atoms with Gasteiger partial charge in [-0.15, -0.1) is 0 Å². The second kappa shape index (κ2) is 4.93. The summed E-state index contributed by atoms with van der Waals surface area (Å²) in [6.07, 6.45) is 1.98. The minimum absolute atomic E-state index is 0.122. The Labute approximate surface area is 118 Å². The maximum atomic E-state index is 11.7. The van der Waals surface area contributed by atoms with Crippen LogP contribution >= 0.6 is 0 Å². The first-order valence-electron chi connectivity index (χ1n) is 7.23. The Balaban J connectivity index is 1.91. The Morgan fingerprint density at radius 1 is 1.45 bits per heavy atom. The monoisotopic (exact) mass is 272 g/mol. The summed E-state index contributed by atoms with van der Waals surface area (Å²) < 4.78 is 5.85. The van der Waals surface area contributed by atoms with Gasteiger partial charge in [0.15, 0.2) is 11.6 Å². The molecule has 1 aliphatic rings. The molecule has 106 valence electrons. The molecule has 4 nitrogen and oxygen atoms in total. The van der Waals surface area contributed by atoms with Gasteiger partial charge in [0.05, 0.1) is 0 Å². The first-order valence-corrected chi connectivity index (χ1v) is 7.23. The molecule has 1 saturated carbocycles. The van der Waals surface area contributed by atoms with E-state index in [1.165, 1.54) is 6.42 Å². The van der Waals surface area contributed by atoms with Gasteiger partial charge in [-0.2, -0.15) is 0 Å². The molecule has 2 aromatic heterocycles. The van der Waals surface area contributed by atoms with Crippen molar-refractivity contribution >= 4 is 0 Å². The molecule has 1 aliphatic carbocycles. The molecule has 0 bridgehead atoms. The van der Waals surface area contributed by atoms with Crippen molar-refractivity contribution in [2.24, 2.45) is 11.8 Å². The molecule has 0 spiro atoms. The Morgan fingerprint density at radius 2 is 2.20 bits per heavy atom. The number of rotatable bonds is 4. The zero-order valence-electron chi connectivity index (χ0n) is 12.1. The van der Waals surface area contributed by atoms with E-state index >= 15 is 0 Å². The van der Waals surface area contributed by atoms with Gasteiger partial charge < -0.3 is 9.40 Å². The molecule has 1 fully saturated rings. The van der Waals surface area contributed by atoms with Crippen molar-refractivity contribution in [2.45, 2.75) is 39.5 Å². The summed E-state index contributed by atoms with van der Waals surface area (Å²) in [4.78, 5) is 19.0. The molecule has 0 amide bonds. The first-order chi connectivity index (χ1) is 9.52. The highest BCUT2D eigenvalue weighted by Gasteiger charge is 2.36. The standard InChI is InChI=1S/C16H20N2O2/c1-9(2)6-11-8-15(19)18-16(17-11)14-5-4-13(20-14)12-7-10(12)3/h4-5,8-10,12H,6-7H2,1-3H3,(H,17,18,19). The Kier molecular flexibility index (Phi) is 3.24. The highest BCUT2D eigenvalue weighted by atomic mass is 16.3. The number of aromatic nitrogens is 2. The second-order valence-electron chi connectivity index (χ2n) is 6.20. The zero-order valence-corrected chi connectivity index (χ0v) is 12.1. The summed E-state index contributed by atoms with van der Waals surface area (Å²) in [7, 11) is 0. The summed E-state index contributed by atoms with van der Waals surface area (Å²) in [6, 6.07) is 5.47. The number of nitrogens with one attached hydrogen (secondary N) is 1. The molecule has 20 heavy (non-hydrogen) atoms. The van der Waals surface area contributed by atoms with Crippen molar-refractivity contribution in [2.75, 3.05) is 0 Å². The van der Waals surface area contributed by atoms with E-state index in [2.05, 4.69) is 30.7 Å². The molecule has 1 N–H and O–H groups in total. The fourth-order valence-corrected chi connectivity index (χ4v) is 2.55. The molecule has 0 aliphatic heterocycles. The minimum Gasteiger partial charge on any atom is -0.458 e. The van der Waals surface area contributed by atoms with Gasteiger partial charge in [-0.3, -0.25) is 4.79 Å². The number of nitrogens with zero attached hydrogens (tertiary/aromatic N) is 1. The van der Waals surface area contributed by atoms with Crippen molar-refractivity contribution in [1.82, 2.24) is 9.97 Å². The third-order valence-corrected chi connectivity index (χ3v) is 3.75. The van der Waals surface area contributed by atoms with E-state index in [-0.39, 0.29) is 5.56 Å². The summed E-state index contributed by atoms with van der Waals surface area (Å²) >= 11 is 0. The molecule has 3 rings (SSSR count). The molecule has 2 unspecified atom stereocenters. The van der Waals surface area contributed by atoms with E-state index < -0.39 is 0 Å². The van der Waals surface area contributed by atoms with E-state index in [4.69, 9.17) is 4.42 Å². The minimum atomic E-state index is -0.122. The van der Waals surface area contributed by atoms with Crippen molar-refractivity contribution < 1.29 is 4.42 Å². The van der Waals surface area contributed by atoms with Crippen LogP contribution in [0.5, 0.6) is 0 Å². The smallest absolute Gasteiger partial charge is 0.251 e. The summed E-state index contributed by atoms with van der Waals surface area (Å²) in [6.45, 7) is 6.44. The van der Waals surface area contributed by atoms with Crippen LogP contribution in [0.4, 0.5) is 0 Å². The Morgan fingerprint density at radius 3 is 2.85 bits per heavy atom. The van der Waals surface area contributed by atoms with Gasteiger partial charge >= 0.3 is 0 Å². The number of aromatic amines is 1. The lowest BCUT2D eigenvalue weighted by Gasteiger charge is -2.05. The maximum Gasteiger partial charge on any atom is 0.251 e. The van der Waals surface area contributed by atoms with Crippen LogP contribution in [-0.2, 0) is 6.42 Å². The molecular weight excluding hydrogens is 252 g/mol. The molecule has 0 radical (unpaired) electrons. The van der Waals surface area contributed by atoms with E-state index in [0.717, 1.165) is 17.9 Å². The van der Waals surface area contributed by atoms with Crippen molar-refractivity contribution in [3.05, 3.63) is 40.0 Å². The Bertz CT molecular complexity index is 669. The van der Waals surface area contributed by atoms with Crippen LogP contribution in [0.15, 0.2) is 27.4 Å².